The number of amides is 1. The summed E-state index contributed by atoms with van der Waals surface area (Å²) in [5, 5.41) is 11.0. The van der Waals surface area contributed by atoms with E-state index in [4.69, 9.17) is 9.84 Å². The Kier molecular flexibility index (Phi) is 4.94. The van der Waals surface area contributed by atoms with Gasteiger partial charge in [0.25, 0.3) is 0 Å². The van der Waals surface area contributed by atoms with Crippen molar-refractivity contribution in [1.82, 2.24) is 10.2 Å². The van der Waals surface area contributed by atoms with Crippen LogP contribution < -0.4 is 5.32 Å². The van der Waals surface area contributed by atoms with E-state index >= 15 is 0 Å². The van der Waals surface area contributed by atoms with Crippen LogP contribution in [0.1, 0.15) is 0 Å². The number of carbonyl (C=O) groups is 2. The summed E-state index contributed by atoms with van der Waals surface area (Å²) in [5.41, 5.74) is 0. The van der Waals surface area contributed by atoms with Gasteiger partial charge in [-0.25, -0.2) is 4.79 Å². The first kappa shape index (κ1) is 12.7. The lowest BCUT2D eigenvalue weighted by Crippen LogP contribution is -2.53. The summed E-state index contributed by atoms with van der Waals surface area (Å²) in [4.78, 5) is 23.7. The van der Waals surface area contributed by atoms with Crippen LogP contribution >= 0.6 is 0 Å². The molecule has 6 heteroatoms. The number of carboxylic acid groups (broad SMARTS) is 1. The standard InChI is InChI=1S/C10H16N2O4/c1-11-10(15)8-7-16-6-5-12(8)4-2-3-9(13)14/h2-3,8H,4-7H2,1H3,(H,11,15)(H,13,14)/b3-2+. The van der Waals surface area contributed by atoms with Gasteiger partial charge in [-0.3, -0.25) is 9.69 Å². The van der Waals surface area contributed by atoms with Crippen LogP contribution in [0.2, 0.25) is 0 Å². The first-order valence-electron chi connectivity index (χ1n) is 5.08. The van der Waals surface area contributed by atoms with Crippen LogP contribution in [0.15, 0.2) is 12.2 Å². The molecular weight excluding hydrogens is 212 g/mol. The van der Waals surface area contributed by atoms with Crippen LogP contribution in [0.25, 0.3) is 0 Å². The van der Waals surface area contributed by atoms with E-state index in [9.17, 15) is 9.59 Å². The fourth-order valence-electron chi connectivity index (χ4n) is 1.55. The van der Waals surface area contributed by atoms with Crippen molar-refractivity contribution < 1.29 is 19.4 Å². The molecule has 0 aromatic carbocycles. The van der Waals surface area contributed by atoms with Crippen molar-refractivity contribution in [3.8, 4) is 0 Å². The Morgan fingerprint density at radius 1 is 1.62 bits per heavy atom. The molecule has 6 nitrogen and oxygen atoms in total. The second-order valence-corrected chi connectivity index (χ2v) is 3.44. The van der Waals surface area contributed by atoms with Crippen LogP contribution in [0.4, 0.5) is 0 Å². The highest BCUT2D eigenvalue weighted by atomic mass is 16.5. The maximum Gasteiger partial charge on any atom is 0.328 e. The number of carbonyl (C=O) groups excluding carboxylic acids is 1. The van der Waals surface area contributed by atoms with E-state index in [0.29, 0.717) is 26.3 Å². The third-order valence-corrected chi connectivity index (χ3v) is 2.39. The summed E-state index contributed by atoms with van der Waals surface area (Å²) in [6.07, 6.45) is 2.61. The highest BCUT2D eigenvalue weighted by Gasteiger charge is 2.27. The van der Waals surface area contributed by atoms with Gasteiger partial charge in [0.2, 0.25) is 5.91 Å². The quantitative estimate of drug-likeness (QED) is 0.608. The summed E-state index contributed by atoms with van der Waals surface area (Å²) in [5.74, 6) is -1.09. The number of likely N-dealkylation sites (N-methyl/N-ethyl adjacent to an activating group) is 1. The Balaban J connectivity index is 2.53. The summed E-state index contributed by atoms with van der Waals surface area (Å²) in [6, 6.07) is -0.336. The molecule has 1 fully saturated rings. The predicted octanol–water partition coefficient (Wildman–Crippen LogP) is -0.926. The zero-order valence-electron chi connectivity index (χ0n) is 9.18. The number of aliphatic carboxylic acids is 1. The third-order valence-electron chi connectivity index (χ3n) is 2.39. The van der Waals surface area contributed by atoms with Gasteiger partial charge >= 0.3 is 5.97 Å². The number of ether oxygens (including phenoxy) is 1. The SMILES string of the molecule is CNC(=O)C1COCCN1C/C=C/C(=O)O. The summed E-state index contributed by atoms with van der Waals surface area (Å²) in [6.45, 7) is 1.98. The average molecular weight is 228 g/mol. The van der Waals surface area contributed by atoms with Crippen molar-refractivity contribution in [2.24, 2.45) is 0 Å². The number of carboxylic acids is 1. The lowest BCUT2D eigenvalue weighted by molar-refractivity contribution is -0.131. The molecule has 90 valence electrons. The van der Waals surface area contributed by atoms with Crippen LogP contribution in [0, 0.1) is 0 Å². The van der Waals surface area contributed by atoms with E-state index in [1.165, 1.54) is 6.08 Å². The Morgan fingerprint density at radius 3 is 3.00 bits per heavy atom. The number of hydrogen-bond acceptors (Lipinski definition) is 4. The second kappa shape index (κ2) is 6.24. The minimum absolute atomic E-state index is 0.108. The van der Waals surface area contributed by atoms with Crippen LogP contribution in [-0.4, -0.2) is 61.3 Å². The van der Waals surface area contributed by atoms with Crippen molar-refractivity contribution in [3.63, 3.8) is 0 Å². The molecule has 1 amide bonds. The number of rotatable bonds is 4. The molecular formula is C10H16N2O4. The molecule has 2 N–H and O–H groups in total. The minimum Gasteiger partial charge on any atom is -0.478 e. The zero-order chi connectivity index (χ0) is 12.0. The third kappa shape index (κ3) is 3.63. The first-order valence-corrected chi connectivity index (χ1v) is 5.08. The Hall–Kier alpha value is -1.40. The second-order valence-electron chi connectivity index (χ2n) is 3.44. The van der Waals surface area contributed by atoms with Gasteiger partial charge in [0.05, 0.1) is 13.2 Å². The molecule has 1 aliphatic heterocycles. The Bertz CT molecular complexity index is 291. The number of nitrogens with one attached hydrogen (secondary N) is 1. The fraction of sp³-hybridized carbons (Fsp3) is 0.600. The van der Waals surface area contributed by atoms with Gasteiger partial charge in [0.15, 0.2) is 0 Å². The molecule has 1 heterocycles. The summed E-state index contributed by atoms with van der Waals surface area (Å²) < 4.78 is 5.22. The number of hydrogen-bond donors (Lipinski definition) is 2. The van der Waals surface area contributed by atoms with Crippen molar-refractivity contribution in [3.05, 3.63) is 12.2 Å². The van der Waals surface area contributed by atoms with E-state index in [1.54, 1.807) is 7.05 Å². The smallest absolute Gasteiger partial charge is 0.328 e. The van der Waals surface area contributed by atoms with Gasteiger partial charge in [0.1, 0.15) is 6.04 Å². The van der Waals surface area contributed by atoms with Crippen LogP contribution in [0.5, 0.6) is 0 Å². The topological polar surface area (TPSA) is 78.9 Å². The molecule has 1 rings (SSSR count). The number of nitrogens with zero attached hydrogens (tertiary/aromatic N) is 1. The molecule has 0 spiro atoms. The predicted molar refractivity (Wildman–Crippen MR) is 57.0 cm³/mol. The zero-order valence-corrected chi connectivity index (χ0v) is 9.18. The van der Waals surface area contributed by atoms with Crippen molar-refractivity contribution >= 4 is 11.9 Å². The molecule has 0 aliphatic carbocycles. The lowest BCUT2D eigenvalue weighted by atomic mass is 10.2. The molecule has 1 aliphatic rings. The molecule has 16 heavy (non-hydrogen) atoms. The molecule has 0 bridgehead atoms. The van der Waals surface area contributed by atoms with Gasteiger partial charge in [-0.15, -0.1) is 0 Å². The maximum atomic E-state index is 11.5. The van der Waals surface area contributed by atoms with Crippen molar-refractivity contribution in [2.75, 3.05) is 33.4 Å². The van der Waals surface area contributed by atoms with Gasteiger partial charge in [-0.05, 0) is 0 Å². The summed E-state index contributed by atoms with van der Waals surface area (Å²) in [7, 11) is 1.57. The molecule has 1 saturated heterocycles. The highest BCUT2D eigenvalue weighted by molar-refractivity contribution is 5.82. The van der Waals surface area contributed by atoms with E-state index in [-0.39, 0.29) is 11.9 Å². The number of morpholine rings is 1. The monoisotopic (exact) mass is 228 g/mol. The Morgan fingerprint density at radius 2 is 2.38 bits per heavy atom. The fourth-order valence-corrected chi connectivity index (χ4v) is 1.55. The molecule has 1 unspecified atom stereocenters. The van der Waals surface area contributed by atoms with Crippen LogP contribution in [0.3, 0.4) is 0 Å². The van der Waals surface area contributed by atoms with Gasteiger partial charge < -0.3 is 15.2 Å². The molecule has 0 aromatic rings. The summed E-state index contributed by atoms with van der Waals surface area (Å²) >= 11 is 0. The van der Waals surface area contributed by atoms with Gasteiger partial charge in [-0.2, -0.15) is 0 Å². The molecule has 0 radical (unpaired) electrons. The van der Waals surface area contributed by atoms with E-state index in [1.807, 2.05) is 4.90 Å². The van der Waals surface area contributed by atoms with Crippen molar-refractivity contribution in [2.45, 2.75) is 6.04 Å². The maximum absolute atomic E-state index is 11.5. The molecule has 0 saturated carbocycles. The largest absolute Gasteiger partial charge is 0.478 e. The van der Waals surface area contributed by atoms with E-state index in [0.717, 1.165) is 6.08 Å². The molecule has 1 atom stereocenters. The highest BCUT2D eigenvalue weighted by Crippen LogP contribution is 2.06. The van der Waals surface area contributed by atoms with Gasteiger partial charge in [0, 0.05) is 26.2 Å². The normalized spacial score (nSPS) is 22.2. The Labute approximate surface area is 93.9 Å². The first-order chi connectivity index (χ1) is 7.65. The van der Waals surface area contributed by atoms with E-state index in [2.05, 4.69) is 5.32 Å². The average Bonchev–Trinajstić information content (AvgIpc) is 2.28. The minimum atomic E-state index is -0.982. The van der Waals surface area contributed by atoms with E-state index < -0.39 is 5.97 Å². The van der Waals surface area contributed by atoms with Crippen LogP contribution in [-0.2, 0) is 14.3 Å². The van der Waals surface area contributed by atoms with Gasteiger partial charge in [-0.1, -0.05) is 6.08 Å². The molecule has 0 aromatic heterocycles. The lowest BCUT2D eigenvalue weighted by Gasteiger charge is -2.33. The van der Waals surface area contributed by atoms with Crippen molar-refractivity contribution in [1.29, 1.82) is 0 Å².